The van der Waals surface area contributed by atoms with Gasteiger partial charge < -0.3 is 14.6 Å². The van der Waals surface area contributed by atoms with Crippen LogP contribution < -0.4 is 5.32 Å². The van der Waals surface area contributed by atoms with Gasteiger partial charge in [-0.3, -0.25) is 9.20 Å². The van der Waals surface area contributed by atoms with Crippen LogP contribution in [0.2, 0.25) is 0 Å². The molecule has 4 rings (SSSR count). The van der Waals surface area contributed by atoms with Crippen LogP contribution in [0.4, 0.5) is 0 Å². The number of benzene rings is 1. The van der Waals surface area contributed by atoms with E-state index in [0.717, 1.165) is 35.3 Å². The van der Waals surface area contributed by atoms with Crippen molar-refractivity contribution in [1.29, 1.82) is 0 Å². The van der Waals surface area contributed by atoms with E-state index in [9.17, 15) is 4.79 Å². The highest BCUT2D eigenvalue weighted by atomic mass is 16.5. The van der Waals surface area contributed by atoms with Gasteiger partial charge in [0.15, 0.2) is 11.5 Å². The minimum atomic E-state index is -0.225. The van der Waals surface area contributed by atoms with Crippen LogP contribution in [0.25, 0.3) is 16.6 Å². The Hall–Kier alpha value is -3.19. The van der Waals surface area contributed by atoms with Gasteiger partial charge in [0.05, 0.1) is 12.6 Å². The van der Waals surface area contributed by atoms with E-state index in [-0.39, 0.29) is 11.9 Å². The molecule has 30 heavy (non-hydrogen) atoms. The molecule has 1 atom stereocenters. The number of hydrogen-bond acceptors (Lipinski definition) is 4. The maximum Gasteiger partial charge on any atom is 0.251 e. The summed E-state index contributed by atoms with van der Waals surface area (Å²) in [5.74, 6) is 1.03. The minimum absolute atomic E-state index is 0.111. The number of pyridine rings is 1. The van der Waals surface area contributed by atoms with Crippen molar-refractivity contribution in [3.63, 3.8) is 0 Å². The number of fused-ring (bicyclic) bond motifs is 2. The van der Waals surface area contributed by atoms with Crippen molar-refractivity contribution in [3.8, 4) is 0 Å². The molecule has 7 nitrogen and oxygen atoms in total. The lowest BCUT2D eigenvalue weighted by atomic mass is 10.0. The quantitative estimate of drug-likeness (QED) is 0.483. The first-order valence-corrected chi connectivity index (χ1v) is 10.2. The van der Waals surface area contributed by atoms with Gasteiger partial charge in [-0.05, 0) is 48.7 Å². The fraction of sp³-hybridized carbons (Fsp3) is 0.348. The second kappa shape index (κ2) is 8.67. The van der Waals surface area contributed by atoms with Gasteiger partial charge >= 0.3 is 0 Å². The standard InChI is InChI=1S/C23H27N5O2/c1-16(2)14-19(22-26-25-21-6-4-5-10-28(21)22)24-23(29)18-7-8-20-17(15-18)9-11-27(20)12-13-30-3/h4-11,15-16,19H,12-14H2,1-3H3,(H,24,29)/t19-/m0/s1. The van der Waals surface area contributed by atoms with Crippen molar-refractivity contribution in [1.82, 2.24) is 24.5 Å². The van der Waals surface area contributed by atoms with Crippen LogP contribution in [0.5, 0.6) is 0 Å². The summed E-state index contributed by atoms with van der Waals surface area (Å²) in [5.41, 5.74) is 2.50. The molecule has 7 heteroatoms. The molecule has 0 saturated carbocycles. The van der Waals surface area contributed by atoms with Crippen molar-refractivity contribution >= 4 is 22.5 Å². The summed E-state index contributed by atoms with van der Waals surface area (Å²) < 4.78 is 9.24. The van der Waals surface area contributed by atoms with Gasteiger partial charge in [0.25, 0.3) is 5.91 Å². The van der Waals surface area contributed by atoms with Crippen molar-refractivity contribution in [2.75, 3.05) is 13.7 Å². The van der Waals surface area contributed by atoms with E-state index in [4.69, 9.17) is 4.74 Å². The number of nitrogens with one attached hydrogen (secondary N) is 1. The fourth-order valence-electron chi connectivity index (χ4n) is 3.77. The summed E-state index contributed by atoms with van der Waals surface area (Å²) in [7, 11) is 1.69. The van der Waals surface area contributed by atoms with E-state index in [2.05, 4.69) is 33.9 Å². The zero-order valence-electron chi connectivity index (χ0n) is 17.6. The molecule has 4 aromatic rings. The number of methoxy groups -OCH3 is 1. The van der Waals surface area contributed by atoms with Gasteiger partial charge in [0.1, 0.15) is 0 Å². The van der Waals surface area contributed by atoms with E-state index < -0.39 is 0 Å². The highest BCUT2D eigenvalue weighted by Gasteiger charge is 2.22. The smallest absolute Gasteiger partial charge is 0.251 e. The summed E-state index contributed by atoms with van der Waals surface area (Å²) >= 11 is 0. The Morgan fingerprint density at radius 1 is 1.13 bits per heavy atom. The monoisotopic (exact) mass is 405 g/mol. The van der Waals surface area contributed by atoms with Gasteiger partial charge in [-0.2, -0.15) is 0 Å². The second-order valence-electron chi connectivity index (χ2n) is 7.92. The van der Waals surface area contributed by atoms with Gasteiger partial charge in [0.2, 0.25) is 0 Å². The molecule has 0 aliphatic heterocycles. The van der Waals surface area contributed by atoms with E-state index in [1.165, 1.54) is 0 Å². The predicted molar refractivity (Wildman–Crippen MR) is 116 cm³/mol. The molecule has 3 aromatic heterocycles. The van der Waals surface area contributed by atoms with Crippen molar-refractivity contribution < 1.29 is 9.53 Å². The first-order valence-electron chi connectivity index (χ1n) is 10.2. The van der Waals surface area contributed by atoms with E-state index in [1.54, 1.807) is 7.11 Å². The lowest BCUT2D eigenvalue weighted by Crippen LogP contribution is -2.31. The van der Waals surface area contributed by atoms with Crippen LogP contribution in [-0.4, -0.2) is 38.8 Å². The Labute approximate surface area is 175 Å². The number of amides is 1. The van der Waals surface area contributed by atoms with E-state index >= 15 is 0 Å². The fourth-order valence-corrected chi connectivity index (χ4v) is 3.77. The average molecular weight is 406 g/mol. The summed E-state index contributed by atoms with van der Waals surface area (Å²) in [5, 5.41) is 12.8. The van der Waals surface area contributed by atoms with Crippen LogP contribution in [0.15, 0.2) is 54.9 Å². The number of carbonyl (C=O) groups excluding carboxylic acids is 1. The molecule has 1 amide bonds. The zero-order chi connectivity index (χ0) is 21.1. The maximum atomic E-state index is 13.1. The van der Waals surface area contributed by atoms with Crippen molar-refractivity contribution in [2.24, 2.45) is 5.92 Å². The van der Waals surface area contributed by atoms with Gasteiger partial charge in [-0.25, -0.2) is 0 Å². The SMILES string of the molecule is COCCn1ccc2cc(C(=O)N[C@@H](CC(C)C)c3nnc4ccccn34)ccc21. The van der Waals surface area contributed by atoms with Crippen LogP contribution in [0.1, 0.15) is 42.5 Å². The Morgan fingerprint density at radius 2 is 2.00 bits per heavy atom. The topological polar surface area (TPSA) is 73.4 Å². The predicted octanol–water partition coefficient (Wildman–Crippen LogP) is 3.85. The molecule has 0 aliphatic carbocycles. The highest BCUT2D eigenvalue weighted by Crippen LogP contribution is 2.23. The van der Waals surface area contributed by atoms with E-state index in [1.807, 2.05) is 59.3 Å². The molecule has 0 bridgehead atoms. The Kier molecular flexibility index (Phi) is 5.81. The number of rotatable bonds is 8. The third kappa shape index (κ3) is 4.07. The zero-order valence-corrected chi connectivity index (χ0v) is 17.6. The molecule has 0 aliphatic rings. The van der Waals surface area contributed by atoms with Gasteiger partial charge in [-0.15, -0.1) is 10.2 Å². The molecule has 3 heterocycles. The molecule has 1 N–H and O–H groups in total. The molecule has 0 saturated heterocycles. The van der Waals surface area contributed by atoms with Gasteiger partial charge in [0, 0.05) is 42.5 Å². The van der Waals surface area contributed by atoms with Crippen LogP contribution in [0, 0.1) is 5.92 Å². The van der Waals surface area contributed by atoms with Crippen molar-refractivity contribution in [2.45, 2.75) is 32.9 Å². The highest BCUT2D eigenvalue weighted by molar-refractivity contribution is 5.98. The molecule has 0 unspecified atom stereocenters. The second-order valence-corrected chi connectivity index (χ2v) is 7.92. The summed E-state index contributed by atoms with van der Waals surface area (Å²) in [4.78, 5) is 13.1. The van der Waals surface area contributed by atoms with E-state index in [0.29, 0.717) is 18.1 Å². The molecular weight excluding hydrogens is 378 g/mol. The third-order valence-corrected chi connectivity index (χ3v) is 5.23. The van der Waals surface area contributed by atoms with Crippen LogP contribution >= 0.6 is 0 Å². The number of carbonyl (C=O) groups is 1. The van der Waals surface area contributed by atoms with Crippen LogP contribution in [0.3, 0.4) is 0 Å². The third-order valence-electron chi connectivity index (χ3n) is 5.23. The van der Waals surface area contributed by atoms with Crippen molar-refractivity contribution in [3.05, 3.63) is 66.2 Å². The number of hydrogen-bond donors (Lipinski definition) is 1. The molecular formula is C23H27N5O2. The number of aromatic nitrogens is 4. The molecule has 156 valence electrons. The number of ether oxygens (including phenoxy) is 1. The average Bonchev–Trinajstić information content (AvgIpc) is 3.35. The minimum Gasteiger partial charge on any atom is -0.383 e. The lowest BCUT2D eigenvalue weighted by Gasteiger charge is -2.19. The first kappa shape index (κ1) is 20.1. The number of nitrogens with zero attached hydrogens (tertiary/aromatic N) is 4. The normalized spacial score (nSPS) is 12.7. The van der Waals surface area contributed by atoms with Crippen LogP contribution in [-0.2, 0) is 11.3 Å². The Bertz CT molecular complexity index is 1160. The summed E-state index contributed by atoms with van der Waals surface area (Å²) in [6.07, 6.45) is 4.73. The Morgan fingerprint density at radius 3 is 2.80 bits per heavy atom. The maximum absolute atomic E-state index is 13.1. The molecule has 0 fully saturated rings. The molecule has 0 radical (unpaired) electrons. The lowest BCUT2D eigenvalue weighted by molar-refractivity contribution is 0.0929. The first-order chi connectivity index (χ1) is 14.6. The summed E-state index contributed by atoms with van der Waals surface area (Å²) in [6, 6.07) is 13.4. The Balaban J connectivity index is 1.59. The largest absolute Gasteiger partial charge is 0.383 e. The molecule has 1 aromatic carbocycles. The molecule has 0 spiro atoms. The van der Waals surface area contributed by atoms with Gasteiger partial charge in [-0.1, -0.05) is 19.9 Å². The summed E-state index contributed by atoms with van der Waals surface area (Å²) in [6.45, 7) is 5.70.